The van der Waals surface area contributed by atoms with Crippen molar-refractivity contribution in [2.75, 3.05) is 12.4 Å². The molecular formula is C20H22N2O3. The molecule has 1 atom stereocenters. The summed E-state index contributed by atoms with van der Waals surface area (Å²) in [6.07, 6.45) is 3.57. The fourth-order valence-corrected chi connectivity index (χ4v) is 3.45. The average molecular weight is 338 g/mol. The van der Waals surface area contributed by atoms with Gasteiger partial charge in [-0.25, -0.2) is 0 Å². The normalized spacial score (nSPS) is 16.0. The molecule has 3 N–H and O–H groups in total. The van der Waals surface area contributed by atoms with Crippen molar-refractivity contribution in [1.82, 2.24) is 0 Å². The summed E-state index contributed by atoms with van der Waals surface area (Å²) < 4.78 is 5.26. The summed E-state index contributed by atoms with van der Waals surface area (Å²) in [5.74, 6) is 0.0821. The van der Waals surface area contributed by atoms with Crippen LogP contribution in [0.25, 0.3) is 0 Å². The van der Waals surface area contributed by atoms with Gasteiger partial charge in [0.25, 0.3) is 0 Å². The van der Waals surface area contributed by atoms with Gasteiger partial charge in [0.2, 0.25) is 11.8 Å². The van der Waals surface area contributed by atoms with Gasteiger partial charge < -0.3 is 15.8 Å². The molecule has 3 rings (SSSR count). The molecule has 0 unspecified atom stereocenters. The number of primary amides is 1. The van der Waals surface area contributed by atoms with Gasteiger partial charge in [0.1, 0.15) is 5.75 Å². The molecule has 2 aromatic carbocycles. The Kier molecular flexibility index (Phi) is 5.03. The monoisotopic (exact) mass is 338 g/mol. The van der Waals surface area contributed by atoms with Gasteiger partial charge in [-0.15, -0.1) is 0 Å². The largest absolute Gasteiger partial charge is 0.495 e. The van der Waals surface area contributed by atoms with Gasteiger partial charge in [0.15, 0.2) is 0 Å². The summed E-state index contributed by atoms with van der Waals surface area (Å²) in [6.45, 7) is 0. The maximum absolute atomic E-state index is 12.6. The number of carbonyl (C=O) groups excluding carboxylic acids is 2. The minimum Gasteiger partial charge on any atom is -0.495 e. The lowest BCUT2D eigenvalue weighted by atomic mass is 9.81. The number of rotatable bonds is 5. The Morgan fingerprint density at radius 3 is 2.80 bits per heavy atom. The van der Waals surface area contributed by atoms with Gasteiger partial charge in [0, 0.05) is 12.0 Å². The SMILES string of the molecule is COc1ccc(C(N)=O)cc1NC(=O)C[C@@H]1CCCc2ccccc21. The number of hydrogen-bond donors (Lipinski definition) is 2. The summed E-state index contributed by atoms with van der Waals surface area (Å²) >= 11 is 0. The van der Waals surface area contributed by atoms with E-state index < -0.39 is 5.91 Å². The molecule has 0 aliphatic heterocycles. The van der Waals surface area contributed by atoms with Crippen LogP contribution in [0.5, 0.6) is 5.75 Å². The van der Waals surface area contributed by atoms with E-state index in [4.69, 9.17) is 10.5 Å². The smallest absolute Gasteiger partial charge is 0.248 e. The second kappa shape index (κ2) is 7.38. The number of ether oxygens (including phenoxy) is 1. The van der Waals surface area contributed by atoms with E-state index >= 15 is 0 Å². The van der Waals surface area contributed by atoms with Crippen molar-refractivity contribution in [3.8, 4) is 5.75 Å². The highest BCUT2D eigenvalue weighted by atomic mass is 16.5. The van der Waals surface area contributed by atoms with Gasteiger partial charge in [-0.05, 0) is 54.5 Å². The summed E-state index contributed by atoms with van der Waals surface area (Å²) in [7, 11) is 1.52. The number of carbonyl (C=O) groups is 2. The molecule has 0 saturated carbocycles. The van der Waals surface area contributed by atoms with Crippen molar-refractivity contribution in [3.63, 3.8) is 0 Å². The average Bonchev–Trinajstić information content (AvgIpc) is 2.62. The summed E-state index contributed by atoms with van der Waals surface area (Å²) in [5.41, 5.74) is 8.71. The van der Waals surface area contributed by atoms with E-state index in [0.717, 1.165) is 19.3 Å². The highest BCUT2D eigenvalue weighted by Gasteiger charge is 2.23. The third kappa shape index (κ3) is 3.82. The first kappa shape index (κ1) is 17.0. The van der Waals surface area contributed by atoms with Crippen LogP contribution in [0.2, 0.25) is 0 Å². The van der Waals surface area contributed by atoms with E-state index in [2.05, 4.69) is 17.4 Å². The molecule has 5 heteroatoms. The molecule has 130 valence electrons. The zero-order chi connectivity index (χ0) is 17.8. The lowest BCUT2D eigenvalue weighted by Gasteiger charge is -2.25. The Labute approximate surface area is 147 Å². The minimum absolute atomic E-state index is 0.0957. The summed E-state index contributed by atoms with van der Waals surface area (Å²) in [4.78, 5) is 23.9. The number of fused-ring (bicyclic) bond motifs is 1. The highest BCUT2D eigenvalue weighted by molar-refractivity contribution is 5.97. The van der Waals surface area contributed by atoms with Crippen LogP contribution in [0.4, 0.5) is 5.69 Å². The number of hydrogen-bond acceptors (Lipinski definition) is 3. The predicted octanol–water partition coefficient (Wildman–Crippen LogP) is 3.24. The van der Waals surface area contributed by atoms with E-state index in [0.29, 0.717) is 23.4 Å². The minimum atomic E-state index is -0.542. The topological polar surface area (TPSA) is 81.4 Å². The molecule has 25 heavy (non-hydrogen) atoms. The third-order valence-corrected chi connectivity index (χ3v) is 4.68. The van der Waals surface area contributed by atoms with E-state index in [1.165, 1.54) is 18.2 Å². The molecule has 0 aromatic heterocycles. The van der Waals surface area contributed by atoms with Gasteiger partial charge >= 0.3 is 0 Å². The zero-order valence-corrected chi connectivity index (χ0v) is 14.2. The van der Waals surface area contributed by atoms with Crippen molar-refractivity contribution < 1.29 is 14.3 Å². The second-order valence-electron chi connectivity index (χ2n) is 6.32. The Balaban J connectivity index is 1.75. The number of nitrogens with one attached hydrogen (secondary N) is 1. The number of aryl methyl sites for hydroxylation is 1. The van der Waals surface area contributed by atoms with Gasteiger partial charge in [-0.3, -0.25) is 9.59 Å². The van der Waals surface area contributed by atoms with Crippen molar-refractivity contribution in [1.29, 1.82) is 0 Å². The number of benzene rings is 2. The van der Waals surface area contributed by atoms with Crippen molar-refractivity contribution in [2.45, 2.75) is 31.6 Å². The molecule has 0 radical (unpaired) electrons. The van der Waals surface area contributed by atoms with Crippen molar-refractivity contribution in [2.24, 2.45) is 5.73 Å². The van der Waals surface area contributed by atoms with Crippen molar-refractivity contribution in [3.05, 3.63) is 59.2 Å². The standard InChI is InChI=1S/C20H22N2O3/c1-25-18-10-9-15(20(21)24)11-17(18)22-19(23)12-14-7-4-6-13-5-2-3-8-16(13)14/h2-3,5,8-11,14H,4,6-7,12H2,1H3,(H2,21,24)(H,22,23)/t14-/m0/s1. The maximum atomic E-state index is 12.6. The van der Waals surface area contributed by atoms with E-state index in [1.807, 2.05) is 12.1 Å². The molecule has 2 amide bonds. The molecule has 0 fully saturated rings. The lowest BCUT2D eigenvalue weighted by Crippen LogP contribution is -2.19. The predicted molar refractivity (Wildman–Crippen MR) is 96.9 cm³/mol. The van der Waals surface area contributed by atoms with Gasteiger partial charge in [-0.2, -0.15) is 0 Å². The second-order valence-corrected chi connectivity index (χ2v) is 6.32. The van der Waals surface area contributed by atoms with Crippen LogP contribution in [0.15, 0.2) is 42.5 Å². The molecule has 1 aliphatic rings. The van der Waals surface area contributed by atoms with Crippen LogP contribution in [0.1, 0.15) is 46.7 Å². The lowest BCUT2D eigenvalue weighted by molar-refractivity contribution is -0.116. The maximum Gasteiger partial charge on any atom is 0.248 e. The van der Waals surface area contributed by atoms with E-state index in [9.17, 15) is 9.59 Å². The molecule has 0 bridgehead atoms. The summed E-state index contributed by atoms with van der Waals surface area (Å²) in [5, 5.41) is 2.86. The number of nitrogens with two attached hydrogens (primary N) is 1. The first-order valence-electron chi connectivity index (χ1n) is 8.44. The highest BCUT2D eigenvalue weighted by Crippen LogP contribution is 2.34. The Morgan fingerprint density at radius 2 is 2.04 bits per heavy atom. The summed E-state index contributed by atoms with van der Waals surface area (Å²) in [6, 6.07) is 13.1. The quantitative estimate of drug-likeness (QED) is 0.878. The van der Waals surface area contributed by atoms with E-state index in [-0.39, 0.29) is 11.8 Å². The molecule has 0 saturated heterocycles. The van der Waals surface area contributed by atoms with Crippen LogP contribution in [0.3, 0.4) is 0 Å². The van der Waals surface area contributed by atoms with Crippen LogP contribution in [0, 0.1) is 0 Å². The Morgan fingerprint density at radius 1 is 1.24 bits per heavy atom. The van der Waals surface area contributed by atoms with Crippen LogP contribution in [-0.2, 0) is 11.2 Å². The Bertz CT molecular complexity index is 801. The molecule has 1 aliphatic carbocycles. The van der Waals surface area contributed by atoms with E-state index in [1.54, 1.807) is 18.2 Å². The zero-order valence-electron chi connectivity index (χ0n) is 14.2. The van der Waals surface area contributed by atoms with Gasteiger partial charge in [0.05, 0.1) is 12.8 Å². The van der Waals surface area contributed by atoms with Crippen LogP contribution >= 0.6 is 0 Å². The molecular weight excluding hydrogens is 316 g/mol. The fraction of sp³-hybridized carbons (Fsp3) is 0.300. The number of methoxy groups -OCH3 is 1. The molecule has 5 nitrogen and oxygen atoms in total. The van der Waals surface area contributed by atoms with Crippen LogP contribution < -0.4 is 15.8 Å². The molecule has 2 aromatic rings. The van der Waals surface area contributed by atoms with Gasteiger partial charge in [-0.1, -0.05) is 24.3 Å². The molecule has 0 spiro atoms. The fourth-order valence-electron chi connectivity index (χ4n) is 3.45. The van der Waals surface area contributed by atoms with Crippen molar-refractivity contribution >= 4 is 17.5 Å². The van der Waals surface area contributed by atoms with Crippen LogP contribution in [-0.4, -0.2) is 18.9 Å². The number of amides is 2. The molecule has 0 heterocycles. The first-order chi connectivity index (χ1) is 12.1. The Hall–Kier alpha value is -2.82. The third-order valence-electron chi connectivity index (χ3n) is 4.68. The number of anilines is 1. The first-order valence-corrected chi connectivity index (χ1v) is 8.44.